The van der Waals surface area contributed by atoms with Crippen LogP contribution in [0.3, 0.4) is 0 Å². The van der Waals surface area contributed by atoms with E-state index >= 15 is 0 Å². The fraction of sp³-hybridized carbons (Fsp3) is 0.750. The summed E-state index contributed by atoms with van der Waals surface area (Å²) in [4.78, 5) is 2.21. The van der Waals surface area contributed by atoms with Crippen LogP contribution in [0.1, 0.15) is 11.7 Å². The molecule has 8 heteroatoms. The topological polar surface area (TPSA) is 77.6 Å². The third-order valence-corrected chi connectivity index (χ3v) is 3.77. The van der Waals surface area contributed by atoms with Crippen molar-refractivity contribution in [2.75, 3.05) is 40.5 Å². The molecule has 114 valence electrons. The molecule has 1 aromatic heterocycles. The number of rotatable bonds is 6. The number of morpholine rings is 1. The molecule has 2 heterocycles. The van der Waals surface area contributed by atoms with Crippen molar-refractivity contribution in [2.45, 2.75) is 18.7 Å². The van der Waals surface area contributed by atoms with Gasteiger partial charge in [0.2, 0.25) is 0 Å². The first-order valence-electron chi connectivity index (χ1n) is 6.63. The van der Waals surface area contributed by atoms with Crippen molar-refractivity contribution in [1.29, 1.82) is 0 Å². The average Bonchev–Trinajstić information content (AvgIpc) is 2.79. The van der Waals surface area contributed by atoms with Gasteiger partial charge in [-0.05, 0) is 7.05 Å². The lowest BCUT2D eigenvalue weighted by atomic mass is 10.1. The monoisotopic (exact) mass is 303 g/mol. The molecular weight excluding hydrogens is 282 g/mol. The Balaban J connectivity index is 2.19. The molecule has 0 amide bonds. The lowest BCUT2D eigenvalue weighted by Crippen LogP contribution is -2.49. The normalized spacial score (nSPS) is 22.1. The lowest BCUT2D eigenvalue weighted by molar-refractivity contribution is -0.0408. The molecule has 1 aliphatic rings. The highest BCUT2D eigenvalue weighted by molar-refractivity contribution is 6.31. The standard InChI is InChI=1S/C12H22ClN5O2/c1-17-3-6-20-10(8-17)11(16-14)12-9(13)7-15-18(12)4-5-19-2/h7,10-11,16H,3-6,8,14H2,1-2H3. The highest BCUT2D eigenvalue weighted by Gasteiger charge is 2.31. The predicted molar refractivity (Wildman–Crippen MR) is 76.4 cm³/mol. The highest BCUT2D eigenvalue weighted by atomic mass is 35.5. The number of hydrogen-bond donors (Lipinski definition) is 2. The molecule has 0 aromatic carbocycles. The van der Waals surface area contributed by atoms with E-state index in [2.05, 4.69) is 22.5 Å². The second-order valence-electron chi connectivity index (χ2n) is 4.91. The summed E-state index contributed by atoms with van der Waals surface area (Å²) in [5.74, 6) is 5.73. The molecule has 0 bridgehead atoms. The van der Waals surface area contributed by atoms with Crippen LogP contribution in [0.25, 0.3) is 0 Å². The van der Waals surface area contributed by atoms with Crippen LogP contribution in [0.2, 0.25) is 5.02 Å². The van der Waals surface area contributed by atoms with Gasteiger partial charge in [0.1, 0.15) is 0 Å². The number of aromatic nitrogens is 2. The Morgan fingerprint density at radius 1 is 1.70 bits per heavy atom. The van der Waals surface area contributed by atoms with Crippen LogP contribution in [0, 0.1) is 0 Å². The van der Waals surface area contributed by atoms with Crippen LogP contribution in [0.4, 0.5) is 0 Å². The van der Waals surface area contributed by atoms with Gasteiger partial charge in [-0.15, -0.1) is 0 Å². The van der Waals surface area contributed by atoms with Crippen LogP contribution in [0.15, 0.2) is 6.20 Å². The van der Waals surface area contributed by atoms with Gasteiger partial charge in [-0.1, -0.05) is 11.6 Å². The molecule has 1 aromatic rings. The quantitative estimate of drug-likeness (QED) is 0.570. The van der Waals surface area contributed by atoms with Crippen LogP contribution in [0.5, 0.6) is 0 Å². The third-order valence-electron chi connectivity index (χ3n) is 3.48. The summed E-state index contributed by atoms with van der Waals surface area (Å²) in [5.41, 5.74) is 3.65. The number of likely N-dealkylation sites (N-methyl/N-ethyl adjacent to an activating group) is 1. The van der Waals surface area contributed by atoms with Gasteiger partial charge in [0, 0.05) is 20.2 Å². The van der Waals surface area contributed by atoms with Crippen molar-refractivity contribution in [1.82, 2.24) is 20.1 Å². The molecule has 1 fully saturated rings. The van der Waals surface area contributed by atoms with E-state index < -0.39 is 0 Å². The van der Waals surface area contributed by atoms with E-state index in [-0.39, 0.29) is 12.1 Å². The van der Waals surface area contributed by atoms with Gasteiger partial charge in [0.15, 0.2) is 0 Å². The van der Waals surface area contributed by atoms with Crippen molar-refractivity contribution < 1.29 is 9.47 Å². The van der Waals surface area contributed by atoms with E-state index in [1.807, 2.05) is 4.68 Å². The van der Waals surface area contributed by atoms with Crippen LogP contribution in [-0.2, 0) is 16.0 Å². The van der Waals surface area contributed by atoms with Crippen molar-refractivity contribution in [3.8, 4) is 0 Å². The molecule has 3 N–H and O–H groups in total. The largest absolute Gasteiger partial charge is 0.383 e. The van der Waals surface area contributed by atoms with Gasteiger partial charge in [0.05, 0.1) is 48.8 Å². The van der Waals surface area contributed by atoms with E-state index in [4.69, 9.17) is 26.9 Å². The van der Waals surface area contributed by atoms with Crippen molar-refractivity contribution >= 4 is 11.6 Å². The second kappa shape index (κ2) is 7.35. The van der Waals surface area contributed by atoms with Crippen molar-refractivity contribution in [3.05, 3.63) is 16.9 Å². The average molecular weight is 304 g/mol. The first-order valence-corrected chi connectivity index (χ1v) is 7.01. The minimum absolute atomic E-state index is 0.0609. The molecule has 0 spiro atoms. The molecule has 0 saturated carbocycles. The van der Waals surface area contributed by atoms with Crippen LogP contribution in [-0.4, -0.2) is 61.2 Å². The number of nitrogens with zero attached hydrogens (tertiary/aromatic N) is 3. The zero-order valence-corrected chi connectivity index (χ0v) is 12.6. The molecule has 2 rings (SSSR count). The Kier molecular flexibility index (Phi) is 5.76. The number of ether oxygens (including phenoxy) is 2. The SMILES string of the molecule is COCCn1ncc(Cl)c1C(NN)C1CN(C)CCO1. The fourth-order valence-corrected chi connectivity index (χ4v) is 2.67. The smallest absolute Gasteiger partial charge is 0.0925 e. The highest BCUT2D eigenvalue weighted by Crippen LogP contribution is 2.27. The fourth-order valence-electron chi connectivity index (χ4n) is 2.41. The lowest BCUT2D eigenvalue weighted by Gasteiger charge is -2.35. The Labute approximate surface area is 123 Å². The van der Waals surface area contributed by atoms with Gasteiger partial charge in [-0.2, -0.15) is 5.10 Å². The molecule has 2 unspecified atom stereocenters. The molecule has 1 saturated heterocycles. The zero-order valence-electron chi connectivity index (χ0n) is 11.9. The van der Waals surface area contributed by atoms with Gasteiger partial charge in [-0.25, -0.2) is 5.43 Å². The van der Waals surface area contributed by atoms with Gasteiger partial charge < -0.3 is 14.4 Å². The number of hydrogen-bond acceptors (Lipinski definition) is 6. The maximum atomic E-state index is 6.26. The Bertz CT molecular complexity index is 428. The molecule has 0 radical (unpaired) electrons. The number of nitrogens with one attached hydrogen (secondary N) is 1. The Morgan fingerprint density at radius 2 is 2.50 bits per heavy atom. The second-order valence-corrected chi connectivity index (χ2v) is 5.32. The summed E-state index contributed by atoms with van der Waals surface area (Å²) in [6, 6.07) is -0.204. The van der Waals surface area contributed by atoms with E-state index in [9.17, 15) is 0 Å². The van der Waals surface area contributed by atoms with E-state index in [0.717, 1.165) is 18.8 Å². The van der Waals surface area contributed by atoms with Gasteiger partial charge in [0.25, 0.3) is 0 Å². The maximum absolute atomic E-state index is 6.26. The summed E-state index contributed by atoms with van der Waals surface area (Å²) < 4.78 is 12.7. The number of methoxy groups -OCH3 is 1. The van der Waals surface area contributed by atoms with Crippen molar-refractivity contribution in [3.63, 3.8) is 0 Å². The predicted octanol–water partition coefficient (Wildman–Crippen LogP) is 0.0179. The number of halogens is 1. The Morgan fingerprint density at radius 3 is 3.15 bits per heavy atom. The summed E-state index contributed by atoms with van der Waals surface area (Å²) in [7, 11) is 3.72. The van der Waals surface area contributed by atoms with Crippen LogP contribution < -0.4 is 11.3 Å². The molecular formula is C12H22ClN5O2. The minimum atomic E-state index is -0.204. The van der Waals surface area contributed by atoms with Gasteiger partial charge >= 0.3 is 0 Å². The molecule has 7 nitrogen and oxygen atoms in total. The molecule has 2 atom stereocenters. The van der Waals surface area contributed by atoms with E-state index in [1.54, 1.807) is 13.3 Å². The first kappa shape index (κ1) is 15.7. The number of nitrogens with two attached hydrogens (primary N) is 1. The summed E-state index contributed by atoms with van der Waals surface area (Å²) in [6.07, 6.45) is 1.57. The summed E-state index contributed by atoms with van der Waals surface area (Å²) in [5, 5.41) is 4.86. The van der Waals surface area contributed by atoms with Crippen LogP contribution >= 0.6 is 11.6 Å². The maximum Gasteiger partial charge on any atom is 0.0925 e. The van der Waals surface area contributed by atoms with Crippen molar-refractivity contribution in [2.24, 2.45) is 5.84 Å². The molecule has 1 aliphatic heterocycles. The minimum Gasteiger partial charge on any atom is -0.383 e. The zero-order chi connectivity index (χ0) is 14.5. The van der Waals surface area contributed by atoms with E-state index in [1.165, 1.54) is 0 Å². The van der Waals surface area contributed by atoms with E-state index in [0.29, 0.717) is 24.8 Å². The third kappa shape index (κ3) is 3.49. The Hall–Kier alpha value is -0.700. The molecule has 0 aliphatic carbocycles. The first-order chi connectivity index (χ1) is 9.67. The summed E-state index contributed by atoms with van der Waals surface area (Å²) in [6.45, 7) is 3.58. The molecule has 20 heavy (non-hydrogen) atoms. The number of hydrazine groups is 1. The summed E-state index contributed by atoms with van der Waals surface area (Å²) >= 11 is 6.26. The van der Waals surface area contributed by atoms with Gasteiger partial charge in [-0.3, -0.25) is 10.5 Å².